The number of ether oxygens (including phenoxy) is 4. The van der Waals surface area contributed by atoms with E-state index in [-0.39, 0.29) is 12.2 Å². The number of hydrogen-bond donors (Lipinski definition) is 1. The van der Waals surface area contributed by atoms with E-state index in [0.717, 1.165) is 5.75 Å². The quantitative estimate of drug-likeness (QED) is 0.217. The van der Waals surface area contributed by atoms with Crippen LogP contribution in [-0.2, 0) is 18.9 Å². The minimum atomic E-state index is -0.657. The van der Waals surface area contributed by atoms with Crippen LogP contribution in [0.3, 0.4) is 0 Å². The number of fused-ring (bicyclic) bond motifs is 1. The lowest BCUT2D eigenvalue weighted by atomic mass is 10.0. The Morgan fingerprint density at radius 1 is 0.812 bits per heavy atom. The number of hydrogen-bond acceptors (Lipinski definition) is 6. The summed E-state index contributed by atoms with van der Waals surface area (Å²) < 4.78 is 23.1. The van der Waals surface area contributed by atoms with Crippen LogP contribution in [0.25, 0.3) is 0 Å². The molecule has 0 unspecified atom stereocenters. The first-order valence-corrected chi connectivity index (χ1v) is 14.4. The van der Waals surface area contributed by atoms with Crippen molar-refractivity contribution in [2.24, 2.45) is 0 Å². The normalized spacial score (nSPS) is 27.7. The predicted molar refractivity (Wildman–Crippen MR) is 133 cm³/mol. The third-order valence-corrected chi connectivity index (χ3v) is 7.74. The van der Waals surface area contributed by atoms with E-state index in [1.54, 1.807) is 7.11 Å². The molecule has 2 fully saturated rings. The van der Waals surface area contributed by atoms with Gasteiger partial charge in [-0.2, -0.15) is 11.8 Å². The van der Waals surface area contributed by atoms with Crippen molar-refractivity contribution in [3.63, 3.8) is 0 Å². The summed E-state index contributed by atoms with van der Waals surface area (Å²) in [6, 6.07) is 0. The molecule has 0 radical (unpaired) electrons. The summed E-state index contributed by atoms with van der Waals surface area (Å²) in [6.45, 7) is 6.07. The molecule has 0 saturated carbocycles. The Kier molecular flexibility index (Phi) is 14.1. The fraction of sp³-hybridized carbons (Fsp3) is 1.00. The van der Waals surface area contributed by atoms with Gasteiger partial charge in [-0.25, -0.2) is 0 Å². The maximum absolute atomic E-state index is 10.7. The molecule has 2 rings (SSSR count). The second-order valence-corrected chi connectivity index (χ2v) is 11.2. The molecule has 0 amide bonds. The highest BCUT2D eigenvalue weighted by molar-refractivity contribution is 7.99. The molecule has 2 aliphatic heterocycles. The second kappa shape index (κ2) is 15.9. The van der Waals surface area contributed by atoms with Crippen LogP contribution in [0.4, 0.5) is 0 Å². The van der Waals surface area contributed by atoms with Crippen LogP contribution in [0.15, 0.2) is 0 Å². The molecule has 6 heteroatoms. The van der Waals surface area contributed by atoms with Crippen molar-refractivity contribution in [3.8, 4) is 0 Å². The van der Waals surface area contributed by atoms with Gasteiger partial charge in [0.1, 0.15) is 18.3 Å². The molecule has 190 valence electrons. The topological polar surface area (TPSA) is 57.2 Å². The zero-order valence-electron chi connectivity index (χ0n) is 21.2. The van der Waals surface area contributed by atoms with Gasteiger partial charge in [-0.1, -0.05) is 90.4 Å². The van der Waals surface area contributed by atoms with E-state index in [2.05, 4.69) is 6.92 Å². The Labute approximate surface area is 201 Å². The Balaban J connectivity index is 1.41. The molecule has 5 atom stereocenters. The van der Waals surface area contributed by atoms with E-state index in [1.165, 1.54) is 89.9 Å². The molecule has 2 saturated heterocycles. The summed E-state index contributed by atoms with van der Waals surface area (Å²) in [4.78, 5) is 0. The monoisotopic (exact) mass is 474 g/mol. The van der Waals surface area contributed by atoms with Gasteiger partial charge in [-0.05, 0) is 26.0 Å². The summed E-state index contributed by atoms with van der Waals surface area (Å²) in [5.41, 5.74) is 0. The maximum atomic E-state index is 10.7. The van der Waals surface area contributed by atoms with Crippen molar-refractivity contribution < 1.29 is 24.1 Å². The van der Waals surface area contributed by atoms with Crippen LogP contribution in [0.1, 0.15) is 111 Å². The Morgan fingerprint density at radius 2 is 1.31 bits per heavy atom. The van der Waals surface area contributed by atoms with Crippen LogP contribution in [0.5, 0.6) is 0 Å². The van der Waals surface area contributed by atoms with E-state index < -0.39 is 24.3 Å². The third kappa shape index (κ3) is 10.2. The largest absolute Gasteiger partial charge is 0.389 e. The molecule has 1 N–H and O–H groups in total. The van der Waals surface area contributed by atoms with Crippen molar-refractivity contribution >= 4 is 11.8 Å². The Morgan fingerprint density at radius 3 is 1.84 bits per heavy atom. The minimum absolute atomic E-state index is 0.272. The molecule has 0 aromatic heterocycles. The zero-order chi connectivity index (χ0) is 23.2. The van der Waals surface area contributed by atoms with Crippen molar-refractivity contribution in [3.05, 3.63) is 0 Å². The molecule has 32 heavy (non-hydrogen) atoms. The van der Waals surface area contributed by atoms with Gasteiger partial charge in [0.05, 0.1) is 6.10 Å². The molecule has 0 aliphatic carbocycles. The standard InChI is InChI=1S/C26H50O5S/c1-5-6-7-8-9-10-11-12-13-14-15-16-17-18-19-32-20-21(27)22-23-24(25(28-4)29-22)31-26(2,3)30-23/h21-25,27H,5-20H2,1-4H3/t21-,22-,23+,24+,25+/m1/s1. The summed E-state index contributed by atoms with van der Waals surface area (Å²) >= 11 is 1.81. The zero-order valence-corrected chi connectivity index (χ0v) is 22.0. The van der Waals surface area contributed by atoms with Gasteiger partial charge >= 0.3 is 0 Å². The predicted octanol–water partition coefficient (Wildman–Crippen LogP) is 6.45. The van der Waals surface area contributed by atoms with E-state index in [0.29, 0.717) is 5.75 Å². The average molecular weight is 475 g/mol. The molecule has 0 aromatic carbocycles. The molecule has 2 heterocycles. The summed E-state index contributed by atoms with van der Waals surface area (Å²) in [5, 5.41) is 10.7. The lowest BCUT2D eigenvalue weighted by Gasteiger charge is -2.26. The molecule has 0 bridgehead atoms. The number of unbranched alkanes of at least 4 members (excludes halogenated alkanes) is 13. The number of methoxy groups -OCH3 is 1. The summed E-state index contributed by atoms with van der Waals surface area (Å²) in [5.74, 6) is 1.09. The van der Waals surface area contributed by atoms with Gasteiger partial charge in [0.25, 0.3) is 0 Å². The van der Waals surface area contributed by atoms with Crippen LogP contribution in [0, 0.1) is 0 Å². The lowest BCUT2D eigenvalue weighted by Crippen LogP contribution is -2.39. The summed E-state index contributed by atoms with van der Waals surface area (Å²) in [6.07, 6.45) is 17.4. The van der Waals surface area contributed by atoms with E-state index >= 15 is 0 Å². The van der Waals surface area contributed by atoms with Crippen molar-refractivity contribution in [2.75, 3.05) is 18.6 Å². The lowest BCUT2D eigenvalue weighted by molar-refractivity contribution is -0.235. The minimum Gasteiger partial charge on any atom is -0.389 e. The molecular weight excluding hydrogens is 424 g/mol. The van der Waals surface area contributed by atoms with Gasteiger partial charge in [-0.3, -0.25) is 0 Å². The van der Waals surface area contributed by atoms with E-state index in [9.17, 15) is 5.11 Å². The molecule has 2 aliphatic rings. The third-order valence-electron chi connectivity index (χ3n) is 6.59. The van der Waals surface area contributed by atoms with Gasteiger partial charge in [0.2, 0.25) is 0 Å². The Hall–Kier alpha value is 0.150. The van der Waals surface area contributed by atoms with Gasteiger partial charge < -0.3 is 24.1 Å². The fourth-order valence-electron chi connectivity index (χ4n) is 4.79. The van der Waals surface area contributed by atoms with Gasteiger partial charge in [-0.15, -0.1) is 0 Å². The highest BCUT2D eigenvalue weighted by atomic mass is 32.2. The van der Waals surface area contributed by atoms with E-state index in [1.807, 2.05) is 25.6 Å². The molecular formula is C26H50O5S. The SMILES string of the molecule is CCCCCCCCCCCCCCCCSC[C@@H](O)[C@H]1O[C@H](OC)[C@H]2OC(C)(C)O[C@H]21. The average Bonchev–Trinajstić information content (AvgIpc) is 3.25. The molecule has 0 spiro atoms. The number of rotatable bonds is 19. The van der Waals surface area contributed by atoms with Crippen LogP contribution in [0.2, 0.25) is 0 Å². The fourth-order valence-corrected chi connectivity index (χ4v) is 5.79. The smallest absolute Gasteiger partial charge is 0.186 e. The first-order valence-electron chi connectivity index (χ1n) is 13.3. The first-order chi connectivity index (χ1) is 15.5. The molecule has 0 aromatic rings. The second-order valence-electron chi connectivity index (χ2n) is 10.0. The van der Waals surface area contributed by atoms with Crippen LogP contribution < -0.4 is 0 Å². The van der Waals surface area contributed by atoms with Crippen molar-refractivity contribution in [2.45, 2.75) is 147 Å². The Bertz CT molecular complexity index is 475. The number of aliphatic hydroxyl groups is 1. The van der Waals surface area contributed by atoms with Gasteiger partial charge in [0.15, 0.2) is 12.1 Å². The highest BCUT2D eigenvalue weighted by Gasteiger charge is 2.57. The van der Waals surface area contributed by atoms with Crippen molar-refractivity contribution in [1.82, 2.24) is 0 Å². The first kappa shape index (κ1) is 28.4. The number of thioether (sulfide) groups is 1. The van der Waals surface area contributed by atoms with Crippen LogP contribution >= 0.6 is 11.8 Å². The number of aliphatic hydroxyl groups excluding tert-OH is 1. The van der Waals surface area contributed by atoms with Crippen LogP contribution in [-0.4, -0.2) is 60.2 Å². The van der Waals surface area contributed by atoms with Crippen molar-refractivity contribution in [1.29, 1.82) is 0 Å². The van der Waals surface area contributed by atoms with E-state index in [4.69, 9.17) is 18.9 Å². The summed E-state index contributed by atoms with van der Waals surface area (Å²) in [7, 11) is 1.61. The molecule has 5 nitrogen and oxygen atoms in total. The van der Waals surface area contributed by atoms with Gasteiger partial charge in [0, 0.05) is 12.9 Å². The maximum Gasteiger partial charge on any atom is 0.186 e. The highest BCUT2D eigenvalue weighted by Crippen LogP contribution is 2.40.